The lowest BCUT2D eigenvalue weighted by Crippen LogP contribution is -2.48. The fourth-order valence-electron chi connectivity index (χ4n) is 2.86. The summed E-state index contributed by atoms with van der Waals surface area (Å²) < 4.78 is 40.9. The first-order valence-electron chi connectivity index (χ1n) is 7.93. The summed E-state index contributed by atoms with van der Waals surface area (Å²) in [5.41, 5.74) is 1.66. The molecule has 0 bridgehead atoms. The van der Waals surface area contributed by atoms with Crippen molar-refractivity contribution in [1.82, 2.24) is 4.31 Å². The molecule has 2 aromatic rings. The van der Waals surface area contributed by atoms with Crippen molar-refractivity contribution in [2.75, 3.05) is 31.1 Å². The summed E-state index contributed by atoms with van der Waals surface area (Å²) in [6.07, 6.45) is 0. The number of halogens is 1. The summed E-state index contributed by atoms with van der Waals surface area (Å²) in [7, 11) is -3.54. The Bertz CT molecular complexity index is 912. The van der Waals surface area contributed by atoms with Crippen LogP contribution < -0.4 is 4.90 Å². The number of aryl methyl sites for hydroxylation is 1. The Hall–Kier alpha value is -2.43. The van der Waals surface area contributed by atoms with Crippen molar-refractivity contribution in [3.05, 3.63) is 59.4 Å². The number of piperazine rings is 1. The van der Waals surface area contributed by atoms with Crippen molar-refractivity contribution in [3.8, 4) is 6.07 Å². The van der Waals surface area contributed by atoms with Crippen LogP contribution in [0.5, 0.6) is 0 Å². The van der Waals surface area contributed by atoms with E-state index in [1.807, 2.05) is 13.0 Å². The topological polar surface area (TPSA) is 64.4 Å². The van der Waals surface area contributed by atoms with Gasteiger partial charge in [-0.2, -0.15) is 9.57 Å². The van der Waals surface area contributed by atoms with Crippen LogP contribution in [0.25, 0.3) is 0 Å². The first kappa shape index (κ1) is 17.4. The predicted molar refractivity (Wildman–Crippen MR) is 93.3 cm³/mol. The number of nitrogens with zero attached hydrogens (tertiary/aromatic N) is 3. The first-order valence-corrected chi connectivity index (χ1v) is 9.37. The van der Waals surface area contributed by atoms with Crippen LogP contribution in [0.1, 0.15) is 11.1 Å². The fourth-order valence-corrected chi connectivity index (χ4v) is 4.28. The van der Waals surface area contributed by atoms with Crippen molar-refractivity contribution in [2.24, 2.45) is 0 Å². The molecule has 2 aromatic carbocycles. The van der Waals surface area contributed by atoms with Gasteiger partial charge in [-0.3, -0.25) is 0 Å². The molecule has 25 heavy (non-hydrogen) atoms. The third-order valence-corrected chi connectivity index (χ3v) is 6.23. The average Bonchev–Trinajstić information content (AvgIpc) is 2.62. The quantitative estimate of drug-likeness (QED) is 0.845. The van der Waals surface area contributed by atoms with Crippen LogP contribution in [0.4, 0.5) is 10.1 Å². The molecule has 1 aliphatic heterocycles. The molecule has 0 spiro atoms. The lowest BCUT2D eigenvalue weighted by Gasteiger charge is -2.35. The number of anilines is 1. The monoisotopic (exact) mass is 359 g/mol. The molecule has 0 atom stereocenters. The first-order chi connectivity index (χ1) is 11.9. The normalized spacial score (nSPS) is 15.8. The molecule has 5 nitrogen and oxygen atoms in total. The lowest BCUT2D eigenvalue weighted by molar-refractivity contribution is 0.383. The van der Waals surface area contributed by atoms with E-state index in [0.29, 0.717) is 18.8 Å². The third-order valence-electron chi connectivity index (χ3n) is 4.31. The second-order valence-corrected chi connectivity index (χ2v) is 7.92. The van der Waals surface area contributed by atoms with Gasteiger partial charge in [0.15, 0.2) is 0 Å². The van der Waals surface area contributed by atoms with Crippen molar-refractivity contribution in [2.45, 2.75) is 11.8 Å². The van der Waals surface area contributed by atoms with Gasteiger partial charge < -0.3 is 4.90 Å². The van der Waals surface area contributed by atoms with Crippen molar-refractivity contribution in [3.63, 3.8) is 0 Å². The Kier molecular flexibility index (Phi) is 4.75. The highest BCUT2D eigenvalue weighted by Crippen LogP contribution is 2.24. The molecule has 0 unspecified atom stereocenters. The van der Waals surface area contributed by atoms with E-state index in [1.165, 1.54) is 10.4 Å². The predicted octanol–water partition coefficient (Wildman–Crippen LogP) is 2.52. The molecule has 1 aliphatic rings. The molecule has 0 radical (unpaired) electrons. The van der Waals surface area contributed by atoms with Crippen molar-refractivity contribution in [1.29, 1.82) is 5.26 Å². The minimum atomic E-state index is -3.54. The summed E-state index contributed by atoms with van der Waals surface area (Å²) in [6, 6.07) is 13.0. The molecule has 130 valence electrons. The number of hydrogen-bond donors (Lipinski definition) is 0. The molecule has 7 heteroatoms. The number of hydrogen-bond acceptors (Lipinski definition) is 4. The lowest BCUT2D eigenvalue weighted by atomic mass is 10.2. The van der Waals surface area contributed by atoms with Gasteiger partial charge in [-0.1, -0.05) is 17.7 Å². The molecule has 0 aromatic heterocycles. The molecule has 0 N–H and O–H groups in total. The average molecular weight is 359 g/mol. The van der Waals surface area contributed by atoms with Crippen LogP contribution in [0.2, 0.25) is 0 Å². The minimum absolute atomic E-state index is 0.266. The Morgan fingerprint density at radius 2 is 1.68 bits per heavy atom. The molecule has 3 rings (SSSR count). The van der Waals surface area contributed by atoms with Crippen molar-refractivity contribution >= 4 is 15.7 Å². The fraction of sp³-hybridized carbons (Fsp3) is 0.278. The minimum Gasteiger partial charge on any atom is -0.367 e. The molecule has 1 saturated heterocycles. The molecule has 0 amide bonds. The molecule has 1 heterocycles. The zero-order valence-corrected chi connectivity index (χ0v) is 14.6. The van der Waals surface area contributed by atoms with Gasteiger partial charge in [0.05, 0.1) is 22.2 Å². The third kappa shape index (κ3) is 3.50. The Balaban J connectivity index is 1.73. The van der Waals surface area contributed by atoms with Crippen molar-refractivity contribution < 1.29 is 12.8 Å². The van der Waals surface area contributed by atoms with E-state index in [-0.39, 0.29) is 23.5 Å². The highest BCUT2D eigenvalue weighted by atomic mass is 32.2. The van der Waals surface area contributed by atoms with Crippen LogP contribution in [0.15, 0.2) is 47.4 Å². The number of sulfonamides is 1. The maximum absolute atomic E-state index is 14.1. The zero-order valence-electron chi connectivity index (χ0n) is 13.8. The van der Waals surface area contributed by atoms with Gasteiger partial charge >= 0.3 is 0 Å². The van der Waals surface area contributed by atoms with Crippen LogP contribution in [0.3, 0.4) is 0 Å². The van der Waals surface area contributed by atoms with Gasteiger partial charge in [0, 0.05) is 26.2 Å². The highest BCUT2D eigenvalue weighted by Gasteiger charge is 2.29. The summed E-state index contributed by atoms with van der Waals surface area (Å²) in [6.45, 7) is 3.27. The second kappa shape index (κ2) is 6.82. The number of nitriles is 1. The smallest absolute Gasteiger partial charge is 0.243 e. The van der Waals surface area contributed by atoms with Crippen LogP contribution >= 0.6 is 0 Å². The Labute approximate surface area is 147 Å². The molecular weight excluding hydrogens is 341 g/mol. The molecule has 0 saturated carbocycles. The number of rotatable bonds is 3. The standard InChI is InChI=1S/C18H18FN3O2S/c1-14-2-5-16(6-3-14)25(23,24)22-10-8-21(9-11-22)18-7-4-15(13-20)12-17(18)19/h2-7,12H,8-11H2,1H3. The van der Waals surface area contributed by atoms with E-state index in [0.717, 1.165) is 5.56 Å². The molecular formula is C18H18FN3O2S. The number of benzene rings is 2. The Morgan fingerprint density at radius 1 is 1.04 bits per heavy atom. The van der Waals surface area contributed by atoms with Gasteiger partial charge in [0.25, 0.3) is 0 Å². The summed E-state index contributed by atoms with van der Waals surface area (Å²) in [5.74, 6) is -0.464. The van der Waals surface area contributed by atoms with Gasteiger partial charge in [0.1, 0.15) is 5.82 Å². The van der Waals surface area contributed by atoms with E-state index in [9.17, 15) is 12.8 Å². The molecule has 1 fully saturated rings. The van der Waals surface area contributed by atoms with Crippen LogP contribution in [-0.2, 0) is 10.0 Å². The summed E-state index contributed by atoms with van der Waals surface area (Å²) in [4.78, 5) is 2.08. The van der Waals surface area contributed by atoms with Gasteiger partial charge in [-0.25, -0.2) is 12.8 Å². The second-order valence-electron chi connectivity index (χ2n) is 5.98. The van der Waals surface area contributed by atoms with E-state index >= 15 is 0 Å². The van der Waals surface area contributed by atoms with Gasteiger partial charge in [-0.05, 0) is 37.3 Å². The zero-order chi connectivity index (χ0) is 18.0. The van der Waals surface area contributed by atoms with E-state index in [1.54, 1.807) is 41.3 Å². The van der Waals surface area contributed by atoms with Gasteiger partial charge in [-0.15, -0.1) is 0 Å². The summed E-state index contributed by atoms with van der Waals surface area (Å²) >= 11 is 0. The van der Waals surface area contributed by atoms with E-state index in [4.69, 9.17) is 5.26 Å². The van der Waals surface area contributed by atoms with Crippen LogP contribution in [0, 0.1) is 24.1 Å². The van der Waals surface area contributed by atoms with E-state index in [2.05, 4.69) is 0 Å². The Morgan fingerprint density at radius 3 is 2.24 bits per heavy atom. The highest BCUT2D eigenvalue weighted by molar-refractivity contribution is 7.89. The molecule has 0 aliphatic carbocycles. The van der Waals surface area contributed by atoms with Gasteiger partial charge in [0.2, 0.25) is 10.0 Å². The van der Waals surface area contributed by atoms with E-state index < -0.39 is 15.8 Å². The maximum atomic E-state index is 14.1. The largest absolute Gasteiger partial charge is 0.367 e. The van der Waals surface area contributed by atoms with Crippen LogP contribution in [-0.4, -0.2) is 38.9 Å². The summed E-state index contributed by atoms with van der Waals surface area (Å²) in [5, 5.41) is 8.81. The SMILES string of the molecule is Cc1ccc(S(=O)(=O)N2CCN(c3ccc(C#N)cc3F)CC2)cc1. The maximum Gasteiger partial charge on any atom is 0.243 e.